The summed E-state index contributed by atoms with van der Waals surface area (Å²) in [5, 5.41) is 10.3. The number of thiocarbonyl (C=S) groups is 2. The zero-order chi connectivity index (χ0) is 24.5. The Kier molecular flexibility index (Phi) is 9.30. The lowest BCUT2D eigenvalue weighted by Crippen LogP contribution is -2.36. The number of rotatable bonds is 5. The molecule has 0 aliphatic heterocycles. The van der Waals surface area contributed by atoms with Crippen LogP contribution < -0.4 is 21.3 Å². The first-order valence-electron chi connectivity index (χ1n) is 9.89. The second-order valence-electron chi connectivity index (χ2n) is 6.18. The maximum absolute atomic E-state index is 12.4. The fourth-order valence-electron chi connectivity index (χ4n) is 2.70. The molecule has 0 saturated heterocycles. The number of aromatic nitrogens is 2. The molecule has 0 atom stereocenters. The summed E-state index contributed by atoms with van der Waals surface area (Å²) in [4.78, 5) is 40.2. The van der Waals surface area contributed by atoms with Crippen LogP contribution in [0.15, 0.2) is 12.1 Å². The van der Waals surface area contributed by atoms with E-state index in [0.717, 1.165) is 0 Å². The molecule has 2 aromatic rings. The Bertz CT molecular complexity index is 1090. The smallest absolute Gasteiger partial charge is 0.419 e. The number of alkyl carbamates (subject to hydrolysis) is 2. The van der Waals surface area contributed by atoms with Crippen LogP contribution in [0.5, 0.6) is 0 Å². The Labute approximate surface area is 200 Å². The number of carbonyl (C=O) groups is 3. The van der Waals surface area contributed by atoms with Gasteiger partial charge in [0.25, 0.3) is 0 Å². The molecule has 0 spiro atoms. The van der Waals surface area contributed by atoms with Crippen LogP contribution in [0.2, 0.25) is 0 Å². The molecule has 1 aromatic carbocycles. The predicted octanol–water partition coefficient (Wildman–Crippen LogP) is 3.24. The van der Waals surface area contributed by atoms with Gasteiger partial charge in [0.1, 0.15) is 5.82 Å². The van der Waals surface area contributed by atoms with Crippen molar-refractivity contribution >= 4 is 75.3 Å². The molecule has 4 N–H and O–H groups in total. The third-order valence-corrected chi connectivity index (χ3v) is 4.30. The third-order valence-electron chi connectivity index (χ3n) is 3.89. The van der Waals surface area contributed by atoms with Gasteiger partial charge in [-0.05, 0) is 64.3 Å². The van der Waals surface area contributed by atoms with Crippen LogP contribution in [-0.4, -0.2) is 57.9 Å². The molecule has 0 unspecified atom stereocenters. The molecule has 14 heteroatoms. The predicted molar refractivity (Wildman–Crippen MR) is 130 cm³/mol. The molecule has 0 aliphatic rings. The van der Waals surface area contributed by atoms with Gasteiger partial charge in [0.2, 0.25) is 0 Å². The van der Waals surface area contributed by atoms with Crippen molar-refractivity contribution in [1.82, 2.24) is 20.2 Å². The maximum atomic E-state index is 12.4. The van der Waals surface area contributed by atoms with E-state index in [9.17, 15) is 14.4 Å². The summed E-state index contributed by atoms with van der Waals surface area (Å²) in [6, 6.07) is 3.16. The van der Waals surface area contributed by atoms with E-state index in [1.54, 1.807) is 39.8 Å². The molecule has 1 heterocycles. The van der Waals surface area contributed by atoms with E-state index in [2.05, 4.69) is 26.3 Å². The lowest BCUT2D eigenvalue weighted by molar-refractivity contribution is 0.154. The third kappa shape index (κ3) is 6.98. The van der Waals surface area contributed by atoms with E-state index < -0.39 is 18.3 Å². The van der Waals surface area contributed by atoms with Crippen LogP contribution in [0.3, 0.4) is 0 Å². The van der Waals surface area contributed by atoms with E-state index in [-0.39, 0.29) is 30.0 Å². The number of nitrogens with one attached hydrogen (secondary N) is 4. The lowest BCUT2D eigenvalue weighted by atomic mass is 10.2. The SMILES string of the molecule is CCOC(=O)NC(=S)Nc1cc2nc(C)n(C(=O)OCC)c2cc1NC(=S)NC(=O)OCC. The van der Waals surface area contributed by atoms with Gasteiger partial charge >= 0.3 is 18.3 Å². The van der Waals surface area contributed by atoms with Gasteiger partial charge in [0.15, 0.2) is 10.2 Å². The molecule has 1 aromatic heterocycles. The second-order valence-corrected chi connectivity index (χ2v) is 7.00. The van der Waals surface area contributed by atoms with E-state index >= 15 is 0 Å². The number of anilines is 2. The van der Waals surface area contributed by atoms with Crippen LogP contribution in [0.25, 0.3) is 11.0 Å². The number of fused-ring (bicyclic) bond motifs is 1. The van der Waals surface area contributed by atoms with Crippen molar-refractivity contribution in [3.05, 3.63) is 18.0 Å². The molecule has 0 bridgehead atoms. The molecule has 0 saturated carbocycles. The van der Waals surface area contributed by atoms with Crippen molar-refractivity contribution in [3.8, 4) is 0 Å². The van der Waals surface area contributed by atoms with Gasteiger partial charge in [-0.25, -0.2) is 23.9 Å². The van der Waals surface area contributed by atoms with E-state index in [0.29, 0.717) is 28.2 Å². The van der Waals surface area contributed by atoms with Gasteiger partial charge < -0.3 is 24.8 Å². The minimum atomic E-state index is -0.738. The number of amides is 2. The Balaban J connectivity index is 2.44. The summed E-state index contributed by atoms with van der Waals surface area (Å²) < 4.78 is 16.0. The number of nitrogens with zero attached hydrogens (tertiary/aromatic N) is 2. The van der Waals surface area contributed by atoms with E-state index in [1.165, 1.54) is 4.57 Å². The van der Waals surface area contributed by atoms with Gasteiger partial charge in [-0.15, -0.1) is 0 Å². The highest BCUT2D eigenvalue weighted by molar-refractivity contribution is 7.80. The number of hydrogen-bond acceptors (Lipinski definition) is 9. The van der Waals surface area contributed by atoms with Crippen molar-refractivity contribution in [3.63, 3.8) is 0 Å². The molecular formula is C19H24N6O6S2. The number of hydrogen-bond donors (Lipinski definition) is 4. The van der Waals surface area contributed by atoms with Gasteiger partial charge in [-0.1, -0.05) is 0 Å². The highest BCUT2D eigenvalue weighted by Gasteiger charge is 2.19. The first-order chi connectivity index (χ1) is 15.7. The molecule has 0 fully saturated rings. The lowest BCUT2D eigenvalue weighted by Gasteiger charge is -2.16. The molecule has 12 nitrogen and oxygen atoms in total. The average Bonchev–Trinajstić information content (AvgIpc) is 3.03. The quantitative estimate of drug-likeness (QED) is 0.357. The topological polar surface area (TPSA) is 145 Å². The highest BCUT2D eigenvalue weighted by Crippen LogP contribution is 2.29. The second kappa shape index (κ2) is 11.9. The van der Waals surface area contributed by atoms with Crippen LogP contribution >= 0.6 is 24.4 Å². The van der Waals surface area contributed by atoms with Gasteiger partial charge in [-0.3, -0.25) is 10.6 Å². The molecule has 2 rings (SSSR count). The largest absolute Gasteiger partial charge is 0.450 e. The summed E-state index contributed by atoms with van der Waals surface area (Å²) >= 11 is 10.3. The van der Waals surface area contributed by atoms with Crippen LogP contribution in [0.4, 0.5) is 25.8 Å². The van der Waals surface area contributed by atoms with Crippen LogP contribution in [0.1, 0.15) is 26.6 Å². The summed E-state index contributed by atoms with van der Waals surface area (Å²) in [7, 11) is 0. The van der Waals surface area contributed by atoms with Crippen LogP contribution in [-0.2, 0) is 14.2 Å². The first-order valence-corrected chi connectivity index (χ1v) is 10.7. The minimum absolute atomic E-state index is 0.0540. The summed E-state index contributed by atoms with van der Waals surface area (Å²) in [5.74, 6) is 0.394. The summed E-state index contributed by atoms with van der Waals surface area (Å²) in [5.41, 5.74) is 1.53. The molecule has 2 amide bonds. The number of benzene rings is 1. The Morgan fingerprint density at radius 2 is 1.36 bits per heavy atom. The number of imidazole rings is 1. The van der Waals surface area contributed by atoms with Gasteiger partial charge in [0.05, 0.1) is 42.2 Å². The fraction of sp³-hybridized carbons (Fsp3) is 0.368. The van der Waals surface area contributed by atoms with Crippen molar-refractivity contribution in [2.75, 3.05) is 30.5 Å². The number of ether oxygens (including phenoxy) is 3. The molecule has 0 radical (unpaired) electrons. The molecular weight excluding hydrogens is 472 g/mol. The maximum Gasteiger partial charge on any atom is 0.419 e. The Morgan fingerprint density at radius 3 is 1.85 bits per heavy atom. The van der Waals surface area contributed by atoms with Gasteiger partial charge in [-0.2, -0.15) is 0 Å². The van der Waals surface area contributed by atoms with Gasteiger partial charge in [0, 0.05) is 0 Å². The fourth-order valence-corrected chi connectivity index (χ4v) is 3.08. The zero-order valence-electron chi connectivity index (χ0n) is 18.4. The normalized spacial score (nSPS) is 10.2. The minimum Gasteiger partial charge on any atom is -0.450 e. The zero-order valence-corrected chi connectivity index (χ0v) is 20.1. The average molecular weight is 497 g/mol. The molecule has 178 valence electrons. The van der Waals surface area contributed by atoms with Crippen molar-refractivity contribution < 1.29 is 28.6 Å². The van der Waals surface area contributed by atoms with E-state index in [1.807, 2.05) is 0 Å². The number of carbonyl (C=O) groups excluding carboxylic acids is 3. The standard InChI is InChI=1S/C19H24N6O6S2/c1-5-29-17(26)23-15(32)21-11-8-13-14(25(10(4)20-13)19(28)31-7-3)9-12(11)22-16(33)24-18(27)30-6-2/h8-9H,5-7H2,1-4H3,(H2,21,23,26,32)(H2,22,24,27,33). The number of aryl methyl sites for hydroxylation is 1. The summed E-state index contributed by atoms with van der Waals surface area (Å²) in [6.07, 6.45) is -2.07. The molecule has 33 heavy (non-hydrogen) atoms. The monoisotopic (exact) mass is 496 g/mol. The summed E-state index contributed by atoms with van der Waals surface area (Å²) in [6.45, 7) is 7.18. The van der Waals surface area contributed by atoms with Crippen LogP contribution in [0, 0.1) is 6.92 Å². The molecule has 0 aliphatic carbocycles. The van der Waals surface area contributed by atoms with Crippen molar-refractivity contribution in [2.24, 2.45) is 0 Å². The van der Waals surface area contributed by atoms with Crippen molar-refractivity contribution in [2.45, 2.75) is 27.7 Å². The van der Waals surface area contributed by atoms with E-state index in [4.69, 9.17) is 38.6 Å². The Hall–Kier alpha value is -3.52. The Morgan fingerprint density at radius 1 is 0.879 bits per heavy atom. The van der Waals surface area contributed by atoms with Crippen molar-refractivity contribution in [1.29, 1.82) is 0 Å². The highest BCUT2D eigenvalue weighted by atomic mass is 32.1. The first kappa shape index (κ1) is 25.7.